The summed E-state index contributed by atoms with van der Waals surface area (Å²) in [5, 5.41) is 0. The van der Waals surface area contributed by atoms with Crippen LogP contribution in [0.1, 0.15) is 65.7 Å². The van der Waals surface area contributed by atoms with E-state index >= 15 is 0 Å². The van der Waals surface area contributed by atoms with Gasteiger partial charge in [0.25, 0.3) is 0 Å². The van der Waals surface area contributed by atoms with Gasteiger partial charge in [0.15, 0.2) is 0 Å². The van der Waals surface area contributed by atoms with Crippen LogP contribution in [0.2, 0.25) is 0 Å². The Balaban J connectivity index is 0.00000106. The molecule has 0 aromatic rings. The van der Waals surface area contributed by atoms with Crippen molar-refractivity contribution in [3.63, 3.8) is 0 Å². The van der Waals surface area contributed by atoms with Gasteiger partial charge in [0.1, 0.15) is 5.78 Å². The molecule has 16 heavy (non-hydrogen) atoms. The van der Waals surface area contributed by atoms with Gasteiger partial charge in [-0.2, -0.15) is 0 Å². The van der Waals surface area contributed by atoms with Crippen molar-refractivity contribution in [3.8, 4) is 0 Å². The molecule has 0 spiro atoms. The van der Waals surface area contributed by atoms with Gasteiger partial charge in [0.2, 0.25) is 0 Å². The maximum atomic E-state index is 10.7. The monoisotopic (exact) mass is 222 g/mol. The average Bonchev–Trinajstić information content (AvgIpc) is 2.32. The van der Waals surface area contributed by atoms with Gasteiger partial charge in [0.05, 0.1) is 0 Å². The molecular formula is C15H26O. The molecule has 0 aromatic heterocycles. The molecule has 0 N–H and O–H groups in total. The van der Waals surface area contributed by atoms with E-state index in [0.29, 0.717) is 5.78 Å². The minimum Gasteiger partial charge on any atom is -0.300 e. The quantitative estimate of drug-likeness (QED) is 0.588. The number of carbonyl (C=O) groups excluding carboxylic acids is 1. The zero-order chi connectivity index (χ0) is 12.2. The predicted molar refractivity (Wildman–Crippen MR) is 71.6 cm³/mol. The second kappa shape index (κ2) is 10.7. The van der Waals surface area contributed by atoms with Gasteiger partial charge in [-0.3, -0.25) is 0 Å². The zero-order valence-corrected chi connectivity index (χ0v) is 11.1. The number of ketones is 1. The number of rotatable bonds is 6. The number of hydrogen-bond acceptors (Lipinski definition) is 1. The molecule has 0 saturated carbocycles. The minimum absolute atomic E-state index is 0.321. The highest BCUT2D eigenvalue weighted by Crippen LogP contribution is 2.16. The Morgan fingerprint density at radius 3 is 2.50 bits per heavy atom. The van der Waals surface area contributed by atoms with Gasteiger partial charge in [-0.05, 0) is 39.0 Å². The Morgan fingerprint density at radius 1 is 1.19 bits per heavy atom. The fourth-order valence-corrected chi connectivity index (χ4v) is 1.73. The van der Waals surface area contributed by atoms with Gasteiger partial charge in [-0.1, -0.05) is 44.1 Å². The number of hydrogen-bond donors (Lipinski definition) is 0. The van der Waals surface area contributed by atoms with Crippen LogP contribution in [0, 0.1) is 0 Å². The third-order valence-corrected chi connectivity index (χ3v) is 2.57. The maximum absolute atomic E-state index is 10.7. The molecule has 0 radical (unpaired) electrons. The van der Waals surface area contributed by atoms with E-state index in [1.165, 1.54) is 37.7 Å². The first-order chi connectivity index (χ1) is 7.79. The van der Waals surface area contributed by atoms with Gasteiger partial charge in [0, 0.05) is 6.42 Å². The molecule has 1 aliphatic rings. The van der Waals surface area contributed by atoms with E-state index in [1.807, 2.05) is 13.8 Å². The topological polar surface area (TPSA) is 17.1 Å². The number of carbonyl (C=O) groups is 1. The molecule has 1 heteroatoms. The smallest absolute Gasteiger partial charge is 0.129 e. The third kappa shape index (κ3) is 8.46. The van der Waals surface area contributed by atoms with Crippen molar-refractivity contribution < 1.29 is 4.79 Å². The number of Topliss-reactive ketones (excluding diaryl/α,β-unsaturated/α-hetero) is 1. The molecule has 92 valence electrons. The Bertz CT molecular complexity index is 236. The minimum atomic E-state index is 0.321. The third-order valence-electron chi connectivity index (χ3n) is 2.57. The fraction of sp³-hybridized carbons (Fsp3) is 0.667. The van der Waals surface area contributed by atoms with Crippen molar-refractivity contribution in [1.29, 1.82) is 0 Å². The van der Waals surface area contributed by atoms with Crippen LogP contribution in [-0.2, 0) is 4.79 Å². The van der Waals surface area contributed by atoms with Gasteiger partial charge >= 0.3 is 0 Å². The average molecular weight is 222 g/mol. The van der Waals surface area contributed by atoms with E-state index < -0.39 is 0 Å². The summed E-state index contributed by atoms with van der Waals surface area (Å²) in [6.45, 7) is 5.67. The predicted octanol–water partition coefficient (Wildman–Crippen LogP) is 4.83. The van der Waals surface area contributed by atoms with Crippen LogP contribution in [0.5, 0.6) is 0 Å². The maximum Gasteiger partial charge on any atom is 0.129 e. The molecule has 0 amide bonds. The van der Waals surface area contributed by atoms with Crippen molar-refractivity contribution in [2.24, 2.45) is 0 Å². The summed E-state index contributed by atoms with van der Waals surface area (Å²) in [7, 11) is 0. The lowest BCUT2D eigenvalue weighted by Gasteiger charge is -2.06. The van der Waals surface area contributed by atoms with Crippen molar-refractivity contribution in [2.75, 3.05) is 0 Å². The number of unbranched alkanes of at least 4 members (excludes halogenated alkanes) is 2. The summed E-state index contributed by atoms with van der Waals surface area (Å²) in [6.07, 6.45) is 14.7. The van der Waals surface area contributed by atoms with Crippen molar-refractivity contribution in [1.82, 2.24) is 0 Å². The van der Waals surface area contributed by atoms with Gasteiger partial charge in [-0.15, -0.1) is 0 Å². The Labute approximate surface area is 101 Å². The van der Waals surface area contributed by atoms with Crippen LogP contribution in [0.25, 0.3) is 0 Å². The Kier molecular flexibility index (Phi) is 10.1. The second-order valence-corrected chi connectivity index (χ2v) is 4.02. The van der Waals surface area contributed by atoms with E-state index in [-0.39, 0.29) is 0 Å². The summed E-state index contributed by atoms with van der Waals surface area (Å²) in [5.74, 6) is 0.321. The van der Waals surface area contributed by atoms with E-state index in [9.17, 15) is 4.79 Å². The highest BCUT2D eigenvalue weighted by molar-refractivity contribution is 5.75. The fourth-order valence-electron chi connectivity index (χ4n) is 1.73. The van der Waals surface area contributed by atoms with Gasteiger partial charge < -0.3 is 4.79 Å². The molecule has 0 unspecified atom stereocenters. The molecule has 0 bridgehead atoms. The SMILES string of the molecule is CC.CC(=O)CCCCCC1=CCCC=C1. The van der Waals surface area contributed by atoms with E-state index in [2.05, 4.69) is 18.2 Å². The van der Waals surface area contributed by atoms with Crippen LogP contribution in [-0.4, -0.2) is 5.78 Å². The first-order valence-corrected chi connectivity index (χ1v) is 6.64. The molecule has 1 aliphatic carbocycles. The zero-order valence-electron chi connectivity index (χ0n) is 11.1. The lowest BCUT2D eigenvalue weighted by Crippen LogP contribution is -1.90. The summed E-state index contributed by atoms with van der Waals surface area (Å²) in [4.78, 5) is 10.7. The van der Waals surface area contributed by atoms with Crippen LogP contribution in [0.4, 0.5) is 0 Å². The summed E-state index contributed by atoms with van der Waals surface area (Å²) < 4.78 is 0. The Hall–Kier alpha value is -0.850. The van der Waals surface area contributed by atoms with Crippen LogP contribution >= 0.6 is 0 Å². The molecule has 1 nitrogen and oxygen atoms in total. The van der Waals surface area contributed by atoms with E-state index in [0.717, 1.165) is 12.8 Å². The summed E-state index contributed by atoms with van der Waals surface area (Å²) in [6, 6.07) is 0. The highest BCUT2D eigenvalue weighted by Gasteiger charge is 1.98. The largest absolute Gasteiger partial charge is 0.300 e. The van der Waals surface area contributed by atoms with Crippen molar-refractivity contribution in [3.05, 3.63) is 23.8 Å². The normalized spacial score (nSPS) is 13.8. The summed E-state index contributed by atoms with van der Waals surface area (Å²) >= 11 is 0. The molecule has 1 rings (SSSR count). The highest BCUT2D eigenvalue weighted by atomic mass is 16.1. The first kappa shape index (κ1) is 15.2. The molecule has 0 fully saturated rings. The van der Waals surface area contributed by atoms with Crippen molar-refractivity contribution in [2.45, 2.75) is 65.7 Å². The molecule has 0 aromatic carbocycles. The van der Waals surface area contributed by atoms with Crippen LogP contribution < -0.4 is 0 Å². The molecule has 0 atom stereocenters. The lowest BCUT2D eigenvalue weighted by molar-refractivity contribution is -0.117. The van der Waals surface area contributed by atoms with Gasteiger partial charge in [-0.25, -0.2) is 0 Å². The second-order valence-electron chi connectivity index (χ2n) is 4.02. The summed E-state index contributed by atoms with van der Waals surface area (Å²) in [5.41, 5.74) is 1.49. The first-order valence-electron chi connectivity index (χ1n) is 6.64. The van der Waals surface area contributed by atoms with Crippen LogP contribution in [0.15, 0.2) is 23.8 Å². The van der Waals surface area contributed by atoms with E-state index in [4.69, 9.17) is 0 Å². The molecular weight excluding hydrogens is 196 g/mol. The Morgan fingerprint density at radius 2 is 1.94 bits per heavy atom. The van der Waals surface area contributed by atoms with Crippen LogP contribution in [0.3, 0.4) is 0 Å². The molecule has 0 saturated heterocycles. The van der Waals surface area contributed by atoms with Crippen molar-refractivity contribution >= 4 is 5.78 Å². The molecule has 0 heterocycles. The van der Waals surface area contributed by atoms with E-state index in [1.54, 1.807) is 6.92 Å². The lowest BCUT2D eigenvalue weighted by atomic mass is 10.0. The molecule has 0 aliphatic heterocycles. The standard InChI is InChI=1S/C13H20O.C2H6/c1-12(14)8-4-2-5-9-13-10-6-3-7-11-13;1-2/h6,10-11H,2-5,7-9H2,1H3;1-2H3. The number of allylic oxidation sites excluding steroid dienone is 4.